The van der Waals surface area contributed by atoms with Crippen LogP contribution in [0.5, 0.6) is 5.75 Å². The van der Waals surface area contributed by atoms with E-state index in [1.165, 1.54) is 5.56 Å². The fraction of sp³-hybridized carbons (Fsp3) is 0.581. The van der Waals surface area contributed by atoms with Gasteiger partial charge in [0.15, 0.2) is 0 Å². The molecule has 0 saturated heterocycles. The van der Waals surface area contributed by atoms with Gasteiger partial charge in [0.05, 0.1) is 18.8 Å². The van der Waals surface area contributed by atoms with Crippen LogP contribution >= 0.6 is 0 Å². The zero-order valence-corrected chi connectivity index (χ0v) is 25.2. The van der Waals surface area contributed by atoms with E-state index < -0.39 is 17.3 Å². The predicted molar refractivity (Wildman–Crippen MR) is 155 cm³/mol. The Bertz CT molecular complexity index is 1130. The summed E-state index contributed by atoms with van der Waals surface area (Å²) in [6.07, 6.45) is 3.44. The number of methoxy groups -OCH3 is 1. The monoisotopic (exact) mass is 554 g/mol. The molecule has 1 atom stereocenters. The maximum absolute atomic E-state index is 13.3. The summed E-state index contributed by atoms with van der Waals surface area (Å²) >= 11 is 0. The van der Waals surface area contributed by atoms with Gasteiger partial charge < -0.3 is 19.5 Å². The molecule has 0 aliphatic carbocycles. The van der Waals surface area contributed by atoms with E-state index in [1.54, 1.807) is 13.3 Å². The second-order valence-electron chi connectivity index (χ2n) is 12.3. The number of aromatic nitrogens is 1. The van der Waals surface area contributed by atoms with Gasteiger partial charge in [-0.25, -0.2) is 9.59 Å². The summed E-state index contributed by atoms with van der Waals surface area (Å²) in [7, 11) is 1.65. The van der Waals surface area contributed by atoms with E-state index in [4.69, 9.17) is 14.2 Å². The van der Waals surface area contributed by atoms with Crippen molar-refractivity contribution in [3.05, 3.63) is 59.4 Å². The summed E-state index contributed by atoms with van der Waals surface area (Å²) < 4.78 is 16.7. The fourth-order valence-electron chi connectivity index (χ4n) is 4.72. The predicted octanol–water partition coefficient (Wildman–Crippen LogP) is 5.56. The van der Waals surface area contributed by atoms with Gasteiger partial charge >= 0.3 is 12.2 Å². The number of unbranched alkanes of at least 4 members (excludes halogenated alkanes) is 1. The molecule has 2 heterocycles. The second-order valence-corrected chi connectivity index (χ2v) is 12.3. The highest BCUT2D eigenvalue weighted by molar-refractivity contribution is 5.69. The van der Waals surface area contributed by atoms with E-state index in [-0.39, 0.29) is 12.1 Å². The normalized spacial score (nSPS) is 15.4. The molecule has 0 radical (unpaired) electrons. The first-order valence-electron chi connectivity index (χ1n) is 14.1. The van der Waals surface area contributed by atoms with E-state index in [2.05, 4.69) is 27.3 Å². The van der Waals surface area contributed by atoms with Crippen molar-refractivity contribution >= 4 is 12.2 Å². The molecule has 0 unspecified atom stereocenters. The number of hydrogen-bond acceptors (Lipinski definition) is 7. The van der Waals surface area contributed by atoms with Crippen LogP contribution in [0.15, 0.2) is 42.6 Å². The molecule has 0 fully saturated rings. The Morgan fingerprint density at radius 1 is 1.00 bits per heavy atom. The molecule has 40 heavy (non-hydrogen) atoms. The van der Waals surface area contributed by atoms with Gasteiger partial charge in [-0.1, -0.05) is 24.3 Å². The molecule has 2 amide bonds. The summed E-state index contributed by atoms with van der Waals surface area (Å²) in [5.41, 5.74) is 2.14. The van der Waals surface area contributed by atoms with Crippen molar-refractivity contribution in [1.82, 2.24) is 20.1 Å². The summed E-state index contributed by atoms with van der Waals surface area (Å²) in [6.45, 7) is 14.2. The van der Waals surface area contributed by atoms with Crippen molar-refractivity contribution in [2.45, 2.75) is 91.1 Å². The highest BCUT2D eigenvalue weighted by Crippen LogP contribution is 2.27. The highest BCUT2D eigenvalue weighted by Gasteiger charge is 2.34. The maximum atomic E-state index is 13.3. The quantitative estimate of drug-likeness (QED) is 0.385. The number of benzene rings is 1. The molecule has 1 aromatic heterocycles. The van der Waals surface area contributed by atoms with Crippen molar-refractivity contribution in [2.75, 3.05) is 26.7 Å². The zero-order valence-electron chi connectivity index (χ0n) is 25.2. The van der Waals surface area contributed by atoms with Crippen molar-refractivity contribution < 1.29 is 23.8 Å². The van der Waals surface area contributed by atoms with Crippen molar-refractivity contribution in [1.29, 1.82) is 0 Å². The zero-order chi connectivity index (χ0) is 29.3. The number of ether oxygens (including phenoxy) is 3. The third-order valence-electron chi connectivity index (χ3n) is 6.46. The van der Waals surface area contributed by atoms with Crippen molar-refractivity contribution in [2.24, 2.45) is 0 Å². The van der Waals surface area contributed by atoms with Gasteiger partial charge in [-0.05, 0) is 90.6 Å². The van der Waals surface area contributed by atoms with Gasteiger partial charge in [0, 0.05) is 32.4 Å². The Kier molecular flexibility index (Phi) is 10.8. The van der Waals surface area contributed by atoms with Crippen LogP contribution < -0.4 is 10.1 Å². The first-order valence-corrected chi connectivity index (χ1v) is 14.1. The maximum Gasteiger partial charge on any atom is 0.410 e. The Morgan fingerprint density at radius 2 is 1.70 bits per heavy atom. The average Bonchev–Trinajstić information content (AvgIpc) is 2.86. The molecule has 220 valence electrons. The van der Waals surface area contributed by atoms with Crippen LogP contribution in [0.2, 0.25) is 0 Å². The lowest BCUT2D eigenvalue weighted by Crippen LogP contribution is -2.51. The van der Waals surface area contributed by atoms with Gasteiger partial charge in [-0.15, -0.1) is 0 Å². The Hall–Kier alpha value is -3.33. The molecule has 3 rings (SSSR count). The van der Waals surface area contributed by atoms with Crippen LogP contribution in [0.3, 0.4) is 0 Å². The standard InChI is InChI=1S/C31H46N4O5/c1-30(2,3)39-28(36)33-16-10-11-18-34(22-26-27(38-7)15-12-17-32-26)21-25-19-23-13-8-9-14-24(23)20-35(25)29(37)40-31(4,5)6/h8-9,12-15,17,25H,10-11,16,18-22H2,1-7H3,(H,33,36)/t25-/m1/s1. The molecule has 1 N–H and O–H groups in total. The topological polar surface area (TPSA) is 93.2 Å². The molecule has 0 bridgehead atoms. The molecule has 1 aliphatic heterocycles. The van der Waals surface area contributed by atoms with Crippen molar-refractivity contribution in [3.8, 4) is 5.75 Å². The first kappa shape index (κ1) is 31.2. The van der Waals surface area contributed by atoms with E-state index in [0.29, 0.717) is 26.2 Å². The Labute approximate surface area is 239 Å². The number of nitrogens with zero attached hydrogens (tertiary/aromatic N) is 3. The van der Waals surface area contributed by atoms with Gasteiger partial charge in [0.2, 0.25) is 0 Å². The minimum Gasteiger partial charge on any atom is -0.495 e. The fourth-order valence-corrected chi connectivity index (χ4v) is 4.72. The third-order valence-corrected chi connectivity index (χ3v) is 6.46. The first-order chi connectivity index (χ1) is 18.8. The molecular formula is C31H46N4O5. The summed E-state index contributed by atoms with van der Waals surface area (Å²) in [5.74, 6) is 0.733. The SMILES string of the molecule is COc1cccnc1CN(CCCCNC(=O)OC(C)(C)C)C[C@H]1Cc2ccccc2CN1C(=O)OC(C)(C)C. The summed E-state index contributed by atoms with van der Waals surface area (Å²) in [6, 6.07) is 12.0. The molecule has 9 nitrogen and oxygen atoms in total. The van der Waals surface area contributed by atoms with E-state index >= 15 is 0 Å². The van der Waals surface area contributed by atoms with Crippen LogP contribution in [0.1, 0.15) is 71.2 Å². The number of fused-ring (bicyclic) bond motifs is 1. The van der Waals surface area contributed by atoms with Gasteiger partial charge in [-0.3, -0.25) is 14.8 Å². The second kappa shape index (κ2) is 13.8. The van der Waals surface area contributed by atoms with E-state index in [9.17, 15) is 9.59 Å². The smallest absolute Gasteiger partial charge is 0.410 e. The van der Waals surface area contributed by atoms with Crippen molar-refractivity contribution in [3.63, 3.8) is 0 Å². The Balaban J connectivity index is 1.74. The van der Waals surface area contributed by atoms with E-state index in [0.717, 1.165) is 42.8 Å². The average molecular weight is 555 g/mol. The number of carbonyl (C=O) groups is 2. The summed E-state index contributed by atoms with van der Waals surface area (Å²) in [5, 5.41) is 2.84. The van der Waals surface area contributed by atoms with Crippen LogP contribution in [0.4, 0.5) is 9.59 Å². The number of nitrogens with one attached hydrogen (secondary N) is 1. The largest absolute Gasteiger partial charge is 0.495 e. The van der Waals surface area contributed by atoms with Gasteiger partial charge in [0.25, 0.3) is 0 Å². The minimum absolute atomic E-state index is 0.0701. The lowest BCUT2D eigenvalue weighted by atomic mass is 9.94. The number of hydrogen-bond donors (Lipinski definition) is 1. The number of rotatable bonds is 10. The number of carbonyl (C=O) groups excluding carboxylic acids is 2. The van der Waals surface area contributed by atoms with Gasteiger partial charge in [0.1, 0.15) is 17.0 Å². The molecule has 1 aromatic carbocycles. The van der Waals surface area contributed by atoms with E-state index in [1.807, 2.05) is 70.7 Å². The van der Waals surface area contributed by atoms with Gasteiger partial charge in [-0.2, -0.15) is 0 Å². The molecule has 2 aromatic rings. The highest BCUT2D eigenvalue weighted by atomic mass is 16.6. The lowest BCUT2D eigenvalue weighted by Gasteiger charge is -2.40. The minimum atomic E-state index is -0.583. The van der Waals surface area contributed by atoms with Crippen LogP contribution in [-0.4, -0.2) is 71.0 Å². The molecular weight excluding hydrogens is 508 g/mol. The number of pyridine rings is 1. The molecule has 0 saturated carbocycles. The molecule has 0 spiro atoms. The summed E-state index contributed by atoms with van der Waals surface area (Å²) in [4.78, 5) is 34.1. The van der Waals surface area contributed by atoms with Crippen LogP contribution in [-0.2, 0) is 29.0 Å². The van der Waals surface area contributed by atoms with Crippen LogP contribution in [0, 0.1) is 0 Å². The lowest BCUT2D eigenvalue weighted by molar-refractivity contribution is 0.00704. The molecule has 1 aliphatic rings. The number of amides is 2. The van der Waals surface area contributed by atoms with Crippen LogP contribution in [0.25, 0.3) is 0 Å². The molecule has 9 heteroatoms. The Morgan fingerprint density at radius 3 is 2.38 bits per heavy atom. The number of alkyl carbamates (subject to hydrolysis) is 1. The third kappa shape index (κ3) is 10.0.